The van der Waals surface area contributed by atoms with E-state index in [2.05, 4.69) is 23.7 Å². The van der Waals surface area contributed by atoms with Gasteiger partial charge in [-0.1, -0.05) is 19.9 Å². The summed E-state index contributed by atoms with van der Waals surface area (Å²) in [6.45, 7) is 6.58. The number of ketones is 1. The topological polar surface area (TPSA) is 53.4 Å². The van der Waals surface area contributed by atoms with Crippen molar-refractivity contribution in [1.82, 2.24) is 9.88 Å². The second-order valence-electron chi connectivity index (χ2n) is 5.29. The van der Waals surface area contributed by atoms with Gasteiger partial charge in [0, 0.05) is 30.1 Å². The zero-order chi connectivity index (χ0) is 16.7. The Morgan fingerprint density at radius 3 is 2.70 bits per heavy atom. The van der Waals surface area contributed by atoms with Gasteiger partial charge in [-0.15, -0.1) is 0 Å². The van der Waals surface area contributed by atoms with E-state index in [1.54, 1.807) is 36.7 Å². The summed E-state index contributed by atoms with van der Waals surface area (Å²) in [5.41, 5.74) is 2.22. The van der Waals surface area contributed by atoms with Crippen molar-refractivity contribution < 1.29 is 9.90 Å². The number of hydrogen-bond donors (Lipinski definition) is 1. The predicted molar refractivity (Wildman–Crippen MR) is 92.3 cm³/mol. The highest BCUT2D eigenvalue weighted by molar-refractivity contribution is 6.07. The van der Waals surface area contributed by atoms with Gasteiger partial charge in [-0.2, -0.15) is 0 Å². The number of rotatable bonds is 7. The van der Waals surface area contributed by atoms with Crippen LogP contribution in [0.2, 0.25) is 0 Å². The van der Waals surface area contributed by atoms with E-state index in [-0.39, 0.29) is 11.5 Å². The Kier molecular flexibility index (Phi) is 6.06. The zero-order valence-corrected chi connectivity index (χ0v) is 13.6. The highest BCUT2D eigenvalue weighted by atomic mass is 16.3. The molecule has 1 aromatic heterocycles. The second-order valence-corrected chi connectivity index (χ2v) is 5.29. The van der Waals surface area contributed by atoms with Crippen LogP contribution in [0.25, 0.3) is 6.08 Å². The van der Waals surface area contributed by atoms with Crippen LogP contribution in [0.5, 0.6) is 5.75 Å². The Hall–Kier alpha value is -2.46. The first-order valence-corrected chi connectivity index (χ1v) is 7.80. The van der Waals surface area contributed by atoms with Crippen molar-refractivity contribution in [2.75, 3.05) is 13.1 Å². The number of aromatic hydroxyl groups is 1. The molecule has 4 nitrogen and oxygen atoms in total. The molecule has 0 unspecified atom stereocenters. The number of phenolic OH excluding ortho intramolecular Hbond substituents is 1. The number of carbonyl (C=O) groups excluding carboxylic acids is 1. The molecule has 0 aliphatic carbocycles. The third-order valence-corrected chi connectivity index (χ3v) is 3.76. The van der Waals surface area contributed by atoms with Gasteiger partial charge in [0.15, 0.2) is 5.78 Å². The van der Waals surface area contributed by atoms with Crippen LogP contribution in [-0.2, 0) is 6.54 Å². The van der Waals surface area contributed by atoms with E-state index < -0.39 is 0 Å². The van der Waals surface area contributed by atoms with Gasteiger partial charge in [-0.25, -0.2) is 0 Å². The van der Waals surface area contributed by atoms with Gasteiger partial charge in [-0.3, -0.25) is 14.7 Å². The Balaban J connectivity index is 2.16. The van der Waals surface area contributed by atoms with Gasteiger partial charge in [0.2, 0.25) is 0 Å². The molecule has 0 radical (unpaired) electrons. The van der Waals surface area contributed by atoms with E-state index in [9.17, 15) is 9.90 Å². The van der Waals surface area contributed by atoms with Gasteiger partial charge in [0.1, 0.15) is 5.75 Å². The maximum absolute atomic E-state index is 12.3. The summed E-state index contributed by atoms with van der Waals surface area (Å²) in [5.74, 6) is 0.138. The predicted octanol–water partition coefficient (Wildman–Crippen LogP) is 3.53. The maximum Gasteiger partial charge on any atom is 0.185 e. The quantitative estimate of drug-likeness (QED) is 0.628. The first kappa shape index (κ1) is 16.9. The van der Waals surface area contributed by atoms with E-state index in [1.165, 1.54) is 6.08 Å². The highest BCUT2D eigenvalue weighted by Gasteiger charge is 2.10. The molecular formula is C19H22N2O2. The number of benzene rings is 1. The molecule has 0 saturated heterocycles. The molecule has 0 aliphatic rings. The lowest BCUT2D eigenvalue weighted by atomic mass is 10.0. The Morgan fingerprint density at radius 2 is 2.04 bits per heavy atom. The molecule has 0 saturated carbocycles. The lowest BCUT2D eigenvalue weighted by Crippen LogP contribution is -2.22. The van der Waals surface area contributed by atoms with E-state index in [0.717, 1.165) is 24.2 Å². The molecule has 2 aromatic rings. The fourth-order valence-corrected chi connectivity index (χ4v) is 2.30. The van der Waals surface area contributed by atoms with E-state index in [4.69, 9.17) is 0 Å². The van der Waals surface area contributed by atoms with Crippen molar-refractivity contribution in [2.45, 2.75) is 20.4 Å². The standard InChI is InChI=1S/C19H22N2O2/c1-3-21(4-2)14-17-12-16(8-10-19(17)23)18(22)9-7-15-6-5-11-20-13-15/h5-13,23H,3-4,14H2,1-2H3/b9-7+. The van der Waals surface area contributed by atoms with Crippen molar-refractivity contribution in [3.8, 4) is 5.75 Å². The minimum Gasteiger partial charge on any atom is -0.508 e. The zero-order valence-electron chi connectivity index (χ0n) is 13.6. The fraction of sp³-hybridized carbons (Fsp3) is 0.263. The average Bonchev–Trinajstić information content (AvgIpc) is 2.59. The highest BCUT2D eigenvalue weighted by Crippen LogP contribution is 2.21. The molecular weight excluding hydrogens is 288 g/mol. The van der Waals surface area contributed by atoms with Gasteiger partial charge < -0.3 is 5.11 Å². The third kappa shape index (κ3) is 4.76. The van der Waals surface area contributed by atoms with Crippen LogP contribution in [0.1, 0.15) is 35.3 Å². The van der Waals surface area contributed by atoms with Crippen LogP contribution in [-0.4, -0.2) is 33.9 Å². The number of aromatic nitrogens is 1. The van der Waals surface area contributed by atoms with Crippen LogP contribution in [0.3, 0.4) is 0 Å². The van der Waals surface area contributed by atoms with Crippen LogP contribution in [0.4, 0.5) is 0 Å². The number of carbonyl (C=O) groups is 1. The summed E-state index contributed by atoms with van der Waals surface area (Å²) in [7, 11) is 0. The van der Waals surface area contributed by atoms with Crippen molar-refractivity contribution >= 4 is 11.9 Å². The lowest BCUT2D eigenvalue weighted by molar-refractivity contribution is 0.104. The molecule has 1 N–H and O–H groups in total. The van der Waals surface area contributed by atoms with Gasteiger partial charge in [-0.05, 0) is 55.1 Å². The largest absolute Gasteiger partial charge is 0.508 e. The number of nitrogens with zero attached hydrogens (tertiary/aromatic N) is 2. The van der Waals surface area contributed by atoms with Crippen LogP contribution in [0.15, 0.2) is 48.8 Å². The monoisotopic (exact) mass is 310 g/mol. The molecule has 0 aliphatic heterocycles. The summed E-state index contributed by atoms with van der Waals surface area (Å²) < 4.78 is 0. The number of allylic oxidation sites excluding steroid dienone is 1. The number of hydrogen-bond acceptors (Lipinski definition) is 4. The molecule has 2 rings (SSSR count). The van der Waals surface area contributed by atoms with E-state index in [0.29, 0.717) is 12.1 Å². The maximum atomic E-state index is 12.3. The Bertz CT molecular complexity index is 677. The van der Waals surface area contributed by atoms with Crippen molar-refractivity contribution in [3.63, 3.8) is 0 Å². The van der Waals surface area contributed by atoms with Crippen molar-refractivity contribution in [2.24, 2.45) is 0 Å². The summed E-state index contributed by atoms with van der Waals surface area (Å²) >= 11 is 0. The van der Waals surface area contributed by atoms with Crippen molar-refractivity contribution in [1.29, 1.82) is 0 Å². The molecule has 0 bridgehead atoms. The summed E-state index contributed by atoms with van der Waals surface area (Å²) in [5, 5.41) is 10.0. The first-order chi connectivity index (χ1) is 11.1. The van der Waals surface area contributed by atoms with Gasteiger partial charge >= 0.3 is 0 Å². The molecule has 23 heavy (non-hydrogen) atoms. The number of phenols is 1. The normalized spacial score (nSPS) is 11.3. The van der Waals surface area contributed by atoms with Crippen molar-refractivity contribution in [3.05, 3.63) is 65.5 Å². The molecule has 0 atom stereocenters. The second kappa shape index (κ2) is 8.25. The van der Waals surface area contributed by atoms with E-state index >= 15 is 0 Å². The summed E-state index contributed by atoms with van der Waals surface area (Å²) in [6.07, 6.45) is 6.67. The lowest BCUT2D eigenvalue weighted by Gasteiger charge is -2.19. The average molecular weight is 310 g/mol. The number of pyridine rings is 1. The molecule has 0 fully saturated rings. The molecule has 1 aromatic carbocycles. The van der Waals surface area contributed by atoms with E-state index in [1.807, 2.05) is 12.1 Å². The first-order valence-electron chi connectivity index (χ1n) is 7.80. The van der Waals surface area contributed by atoms with Gasteiger partial charge in [0.05, 0.1) is 0 Å². The molecule has 1 heterocycles. The summed E-state index contributed by atoms with van der Waals surface area (Å²) in [4.78, 5) is 18.5. The minimum atomic E-state index is -0.0883. The van der Waals surface area contributed by atoms with Crippen LogP contribution < -0.4 is 0 Å². The van der Waals surface area contributed by atoms with Crippen LogP contribution >= 0.6 is 0 Å². The Labute approximate surface area is 137 Å². The third-order valence-electron chi connectivity index (χ3n) is 3.76. The summed E-state index contributed by atoms with van der Waals surface area (Å²) in [6, 6.07) is 8.72. The SMILES string of the molecule is CCN(CC)Cc1cc(C(=O)/C=C/c2cccnc2)ccc1O. The molecule has 0 amide bonds. The van der Waals surface area contributed by atoms with Gasteiger partial charge in [0.25, 0.3) is 0 Å². The minimum absolute atomic E-state index is 0.0883. The smallest absolute Gasteiger partial charge is 0.185 e. The van der Waals surface area contributed by atoms with Crippen LogP contribution in [0, 0.1) is 0 Å². The molecule has 120 valence electrons. The fourth-order valence-electron chi connectivity index (χ4n) is 2.30. The molecule has 0 spiro atoms. The molecule has 4 heteroatoms. The Morgan fingerprint density at radius 1 is 1.26 bits per heavy atom.